The first-order valence-corrected chi connectivity index (χ1v) is 7.44. The van der Waals surface area contributed by atoms with Gasteiger partial charge in [0.1, 0.15) is 5.75 Å². The zero-order chi connectivity index (χ0) is 12.5. The van der Waals surface area contributed by atoms with Crippen molar-refractivity contribution in [2.45, 2.75) is 6.92 Å². The molecule has 1 aromatic carbocycles. The first-order chi connectivity index (χ1) is 8.02. The molecule has 5 heteroatoms. The van der Waals surface area contributed by atoms with Gasteiger partial charge in [0.05, 0.1) is 18.6 Å². The molecule has 0 radical (unpaired) electrons. The van der Waals surface area contributed by atoms with Crippen molar-refractivity contribution >= 4 is 15.5 Å². The highest BCUT2D eigenvalue weighted by Gasteiger charge is 2.22. The number of sulfone groups is 1. The first-order valence-electron chi connectivity index (χ1n) is 5.62. The van der Waals surface area contributed by atoms with E-state index in [-0.39, 0.29) is 11.5 Å². The molecule has 2 rings (SSSR count). The monoisotopic (exact) mass is 255 g/mol. The topological polar surface area (TPSA) is 46.6 Å². The van der Waals surface area contributed by atoms with Gasteiger partial charge >= 0.3 is 0 Å². The van der Waals surface area contributed by atoms with Crippen LogP contribution in [0.2, 0.25) is 0 Å². The van der Waals surface area contributed by atoms with E-state index in [9.17, 15) is 8.42 Å². The van der Waals surface area contributed by atoms with Gasteiger partial charge in [0.25, 0.3) is 0 Å². The van der Waals surface area contributed by atoms with Crippen molar-refractivity contribution in [2.75, 3.05) is 36.6 Å². The fourth-order valence-corrected chi connectivity index (χ4v) is 3.21. The summed E-state index contributed by atoms with van der Waals surface area (Å²) in [4.78, 5) is 2.11. The number of ether oxygens (including phenoxy) is 1. The summed E-state index contributed by atoms with van der Waals surface area (Å²) in [5, 5.41) is 0. The fraction of sp³-hybridized carbons (Fsp3) is 0.500. The fourth-order valence-electron chi connectivity index (χ4n) is 2.01. The molecule has 0 bridgehead atoms. The normalized spacial score (nSPS) is 19.1. The molecule has 0 aromatic heterocycles. The Bertz CT molecular complexity index is 496. The van der Waals surface area contributed by atoms with E-state index in [1.165, 1.54) is 0 Å². The zero-order valence-corrected chi connectivity index (χ0v) is 11.0. The first kappa shape index (κ1) is 12.2. The molecule has 0 spiro atoms. The summed E-state index contributed by atoms with van der Waals surface area (Å²) in [6.45, 7) is 3.16. The molecule has 1 aromatic rings. The number of anilines is 1. The van der Waals surface area contributed by atoms with Gasteiger partial charge in [-0.05, 0) is 18.6 Å². The number of aryl methyl sites for hydroxylation is 1. The van der Waals surface area contributed by atoms with Gasteiger partial charge in [-0.1, -0.05) is 6.07 Å². The average Bonchev–Trinajstić information content (AvgIpc) is 2.30. The van der Waals surface area contributed by atoms with E-state index < -0.39 is 9.84 Å². The molecule has 1 aliphatic rings. The molecule has 1 fully saturated rings. The molecule has 17 heavy (non-hydrogen) atoms. The Labute approximate surface area is 102 Å². The largest absolute Gasteiger partial charge is 0.497 e. The molecule has 4 nitrogen and oxygen atoms in total. The molecular formula is C12H17NO3S. The van der Waals surface area contributed by atoms with Gasteiger partial charge in [-0.15, -0.1) is 0 Å². The van der Waals surface area contributed by atoms with Crippen LogP contribution in [-0.2, 0) is 9.84 Å². The van der Waals surface area contributed by atoms with Crippen LogP contribution in [0.3, 0.4) is 0 Å². The van der Waals surface area contributed by atoms with Crippen LogP contribution in [0.5, 0.6) is 5.75 Å². The van der Waals surface area contributed by atoms with E-state index in [0.29, 0.717) is 13.1 Å². The van der Waals surface area contributed by atoms with Crippen molar-refractivity contribution in [3.8, 4) is 5.75 Å². The summed E-state index contributed by atoms with van der Waals surface area (Å²) in [6.07, 6.45) is 0. The van der Waals surface area contributed by atoms with E-state index in [0.717, 1.165) is 17.0 Å². The van der Waals surface area contributed by atoms with Crippen LogP contribution in [0.4, 0.5) is 5.69 Å². The van der Waals surface area contributed by atoms with Gasteiger partial charge in [-0.25, -0.2) is 8.42 Å². The van der Waals surface area contributed by atoms with Gasteiger partial charge in [0.2, 0.25) is 0 Å². The molecule has 0 amide bonds. The van der Waals surface area contributed by atoms with Crippen LogP contribution in [0.1, 0.15) is 5.56 Å². The van der Waals surface area contributed by atoms with Crippen molar-refractivity contribution in [1.29, 1.82) is 0 Å². The summed E-state index contributed by atoms with van der Waals surface area (Å²) in [7, 11) is -1.19. The highest BCUT2D eigenvalue weighted by atomic mass is 32.2. The van der Waals surface area contributed by atoms with E-state index in [2.05, 4.69) is 4.90 Å². The number of nitrogens with zero attached hydrogens (tertiary/aromatic N) is 1. The van der Waals surface area contributed by atoms with Crippen LogP contribution in [0, 0.1) is 6.92 Å². The van der Waals surface area contributed by atoms with Crippen LogP contribution in [0.15, 0.2) is 18.2 Å². The van der Waals surface area contributed by atoms with Crippen molar-refractivity contribution in [3.05, 3.63) is 23.8 Å². The maximum Gasteiger partial charge on any atom is 0.153 e. The Kier molecular flexibility index (Phi) is 3.28. The minimum Gasteiger partial charge on any atom is -0.497 e. The average molecular weight is 255 g/mol. The van der Waals surface area contributed by atoms with Crippen molar-refractivity contribution in [1.82, 2.24) is 0 Å². The van der Waals surface area contributed by atoms with E-state index in [1.807, 2.05) is 25.1 Å². The lowest BCUT2D eigenvalue weighted by atomic mass is 10.1. The second kappa shape index (κ2) is 4.56. The Morgan fingerprint density at radius 3 is 2.47 bits per heavy atom. The van der Waals surface area contributed by atoms with Gasteiger partial charge in [-0.3, -0.25) is 0 Å². The Hall–Kier alpha value is -1.23. The molecule has 1 saturated heterocycles. The maximum atomic E-state index is 11.4. The number of rotatable bonds is 2. The smallest absolute Gasteiger partial charge is 0.153 e. The number of methoxy groups -OCH3 is 1. The quantitative estimate of drug-likeness (QED) is 0.797. The highest BCUT2D eigenvalue weighted by Crippen LogP contribution is 2.26. The summed E-state index contributed by atoms with van der Waals surface area (Å²) < 4.78 is 28.0. The van der Waals surface area contributed by atoms with Gasteiger partial charge in [0, 0.05) is 24.8 Å². The van der Waals surface area contributed by atoms with Crippen LogP contribution in [0.25, 0.3) is 0 Å². The summed E-state index contributed by atoms with van der Waals surface area (Å²) in [5.74, 6) is 1.28. The minimum absolute atomic E-state index is 0.240. The van der Waals surface area contributed by atoms with Crippen molar-refractivity contribution in [3.63, 3.8) is 0 Å². The SMILES string of the molecule is COc1ccc(C)c(N2CCS(=O)(=O)CC2)c1. The van der Waals surface area contributed by atoms with Crippen LogP contribution in [-0.4, -0.2) is 40.1 Å². The lowest BCUT2D eigenvalue weighted by molar-refractivity contribution is 0.414. The predicted molar refractivity (Wildman–Crippen MR) is 68.6 cm³/mol. The molecular weight excluding hydrogens is 238 g/mol. The predicted octanol–water partition coefficient (Wildman–Crippen LogP) is 1.24. The molecule has 0 atom stereocenters. The summed E-state index contributed by atoms with van der Waals surface area (Å²) in [5.41, 5.74) is 2.21. The Balaban J connectivity index is 2.23. The Morgan fingerprint density at radius 2 is 1.88 bits per heavy atom. The number of hydrogen-bond donors (Lipinski definition) is 0. The maximum absolute atomic E-state index is 11.4. The molecule has 0 N–H and O–H groups in total. The standard InChI is InChI=1S/C12H17NO3S/c1-10-3-4-11(16-2)9-12(10)13-5-7-17(14,15)8-6-13/h3-4,9H,5-8H2,1-2H3. The number of hydrogen-bond acceptors (Lipinski definition) is 4. The van der Waals surface area contributed by atoms with Crippen molar-refractivity contribution < 1.29 is 13.2 Å². The number of benzene rings is 1. The third kappa shape index (κ3) is 2.72. The molecule has 1 aliphatic heterocycles. The molecule has 0 aliphatic carbocycles. The van der Waals surface area contributed by atoms with Gasteiger partial charge in [0.15, 0.2) is 9.84 Å². The van der Waals surface area contributed by atoms with E-state index in [1.54, 1.807) is 7.11 Å². The third-order valence-electron chi connectivity index (χ3n) is 3.10. The van der Waals surface area contributed by atoms with Crippen molar-refractivity contribution in [2.24, 2.45) is 0 Å². The molecule has 1 heterocycles. The van der Waals surface area contributed by atoms with Gasteiger partial charge in [-0.2, -0.15) is 0 Å². The van der Waals surface area contributed by atoms with Crippen LogP contribution < -0.4 is 9.64 Å². The molecule has 0 saturated carbocycles. The van der Waals surface area contributed by atoms with Gasteiger partial charge < -0.3 is 9.64 Å². The Morgan fingerprint density at radius 1 is 1.24 bits per heavy atom. The van der Waals surface area contributed by atoms with Crippen LogP contribution >= 0.6 is 0 Å². The summed E-state index contributed by atoms with van der Waals surface area (Å²) >= 11 is 0. The zero-order valence-electron chi connectivity index (χ0n) is 10.1. The lowest BCUT2D eigenvalue weighted by Gasteiger charge is -2.30. The molecule has 0 unspecified atom stereocenters. The van der Waals surface area contributed by atoms with E-state index >= 15 is 0 Å². The second-order valence-electron chi connectivity index (χ2n) is 4.29. The lowest BCUT2D eigenvalue weighted by Crippen LogP contribution is -2.40. The highest BCUT2D eigenvalue weighted by molar-refractivity contribution is 7.91. The molecule has 94 valence electrons. The minimum atomic E-state index is -2.83. The van der Waals surface area contributed by atoms with E-state index in [4.69, 9.17) is 4.74 Å². The third-order valence-corrected chi connectivity index (χ3v) is 4.71. The summed E-state index contributed by atoms with van der Waals surface area (Å²) in [6, 6.07) is 5.88. The second-order valence-corrected chi connectivity index (χ2v) is 6.59.